The number of benzene rings is 2. The lowest BCUT2D eigenvalue weighted by atomic mass is 10.2. The number of nitrogens with zero attached hydrogens (tertiary/aromatic N) is 3. The van der Waals surface area contributed by atoms with Gasteiger partial charge in [0, 0.05) is 11.9 Å². The minimum atomic E-state index is -0.324. The predicted octanol–water partition coefficient (Wildman–Crippen LogP) is 2.29. The zero-order valence-electron chi connectivity index (χ0n) is 17.0. The van der Waals surface area contributed by atoms with E-state index in [1.807, 2.05) is 49.4 Å². The Morgan fingerprint density at radius 1 is 1.00 bits per heavy atom. The van der Waals surface area contributed by atoms with Gasteiger partial charge in [0.25, 0.3) is 5.56 Å². The van der Waals surface area contributed by atoms with Crippen LogP contribution in [0.2, 0.25) is 0 Å². The molecule has 2 aromatic heterocycles. The van der Waals surface area contributed by atoms with E-state index in [2.05, 4.69) is 10.4 Å². The molecule has 0 aliphatic heterocycles. The summed E-state index contributed by atoms with van der Waals surface area (Å²) in [6, 6.07) is 14.8. The minimum Gasteiger partial charge on any atom is -0.497 e. The molecule has 0 aliphatic rings. The fraction of sp³-hybridized carbons (Fsp3) is 0.227. The van der Waals surface area contributed by atoms with Gasteiger partial charge in [0.15, 0.2) is 0 Å². The van der Waals surface area contributed by atoms with Crippen molar-refractivity contribution >= 4 is 22.3 Å². The average molecular weight is 406 g/mol. The van der Waals surface area contributed by atoms with Crippen molar-refractivity contribution in [2.75, 3.05) is 14.2 Å². The maximum Gasteiger partial charge on any atom is 0.291 e. The summed E-state index contributed by atoms with van der Waals surface area (Å²) in [5.41, 5.74) is 1.94. The van der Waals surface area contributed by atoms with Crippen LogP contribution in [0, 0.1) is 6.92 Å². The van der Waals surface area contributed by atoms with E-state index >= 15 is 0 Å². The van der Waals surface area contributed by atoms with Crippen LogP contribution >= 0.6 is 0 Å². The van der Waals surface area contributed by atoms with Gasteiger partial charge >= 0.3 is 0 Å². The lowest BCUT2D eigenvalue weighted by Crippen LogP contribution is -2.34. The van der Waals surface area contributed by atoms with Crippen molar-refractivity contribution in [2.24, 2.45) is 0 Å². The zero-order chi connectivity index (χ0) is 21.3. The smallest absolute Gasteiger partial charge is 0.291 e. The predicted molar refractivity (Wildman–Crippen MR) is 113 cm³/mol. The summed E-state index contributed by atoms with van der Waals surface area (Å²) in [5, 5.41) is 8.03. The van der Waals surface area contributed by atoms with Crippen molar-refractivity contribution in [2.45, 2.75) is 20.0 Å². The summed E-state index contributed by atoms with van der Waals surface area (Å²) in [5.74, 6) is 1.79. The highest BCUT2D eigenvalue weighted by Gasteiger charge is 2.14. The average Bonchev–Trinajstić information content (AvgIpc) is 3.15. The van der Waals surface area contributed by atoms with Gasteiger partial charge in [-0.15, -0.1) is 0 Å². The molecule has 0 unspecified atom stereocenters. The van der Waals surface area contributed by atoms with Crippen LogP contribution in [-0.2, 0) is 17.9 Å². The van der Waals surface area contributed by atoms with Gasteiger partial charge in [-0.3, -0.25) is 14.0 Å². The number of amides is 1. The molecular formula is C22H22N4O4. The molecule has 0 aliphatic carbocycles. The molecule has 1 amide bonds. The fourth-order valence-corrected chi connectivity index (χ4v) is 3.47. The molecule has 154 valence electrons. The van der Waals surface area contributed by atoms with Crippen molar-refractivity contribution in [3.05, 3.63) is 70.3 Å². The van der Waals surface area contributed by atoms with E-state index in [9.17, 15) is 9.59 Å². The number of ether oxygens (including phenoxy) is 2. The summed E-state index contributed by atoms with van der Waals surface area (Å²) < 4.78 is 13.4. The quantitative estimate of drug-likeness (QED) is 0.531. The number of nitrogens with one attached hydrogen (secondary N) is 1. The van der Waals surface area contributed by atoms with Gasteiger partial charge in [-0.05, 0) is 48.9 Å². The van der Waals surface area contributed by atoms with Crippen molar-refractivity contribution in [1.82, 2.24) is 19.5 Å². The second kappa shape index (κ2) is 7.90. The first-order valence-corrected chi connectivity index (χ1v) is 9.46. The number of hydrogen-bond donors (Lipinski definition) is 1. The van der Waals surface area contributed by atoms with Gasteiger partial charge in [-0.1, -0.05) is 12.1 Å². The van der Waals surface area contributed by atoms with E-state index in [0.717, 1.165) is 22.2 Å². The van der Waals surface area contributed by atoms with E-state index in [0.29, 0.717) is 23.6 Å². The Morgan fingerprint density at radius 3 is 2.40 bits per heavy atom. The summed E-state index contributed by atoms with van der Waals surface area (Å²) in [7, 11) is 3.20. The Morgan fingerprint density at radius 2 is 1.70 bits per heavy atom. The highest BCUT2D eigenvalue weighted by Crippen LogP contribution is 2.24. The van der Waals surface area contributed by atoms with Crippen LogP contribution in [0.4, 0.5) is 0 Å². The van der Waals surface area contributed by atoms with Gasteiger partial charge in [-0.2, -0.15) is 5.10 Å². The molecule has 0 bridgehead atoms. The van der Waals surface area contributed by atoms with Crippen LogP contribution in [-0.4, -0.2) is 34.3 Å². The highest BCUT2D eigenvalue weighted by molar-refractivity contribution is 5.88. The third-order valence-electron chi connectivity index (χ3n) is 4.99. The molecule has 0 radical (unpaired) electrons. The molecule has 2 aromatic carbocycles. The summed E-state index contributed by atoms with van der Waals surface area (Å²) >= 11 is 0. The third kappa shape index (κ3) is 3.59. The van der Waals surface area contributed by atoms with Crippen LogP contribution in [0.3, 0.4) is 0 Å². The van der Waals surface area contributed by atoms with Crippen molar-refractivity contribution < 1.29 is 14.3 Å². The SMILES string of the molecule is COc1ccc(CNC(=O)Cn2nc(C)n3c(cc4cc(OC)ccc43)c2=O)cc1. The molecule has 0 saturated heterocycles. The highest BCUT2D eigenvalue weighted by atomic mass is 16.5. The Balaban J connectivity index is 1.57. The van der Waals surface area contributed by atoms with Gasteiger partial charge in [-0.25, -0.2) is 4.68 Å². The molecule has 8 nitrogen and oxygen atoms in total. The van der Waals surface area contributed by atoms with Gasteiger partial charge < -0.3 is 14.8 Å². The minimum absolute atomic E-state index is 0.156. The molecular weight excluding hydrogens is 384 g/mol. The molecule has 0 spiro atoms. The first kappa shape index (κ1) is 19.5. The standard InChI is InChI=1S/C22H22N4O4/c1-14-24-25(13-21(27)23-12-15-4-6-17(29-2)7-5-15)22(28)20-11-16-10-18(30-3)8-9-19(16)26(14)20/h4-11H,12-13H2,1-3H3,(H,23,27). The largest absolute Gasteiger partial charge is 0.497 e. The number of aryl methyl sites for hydroxylation is 1. The number of rotatable bonds is 6. The normalized spacial score (nSPS) is 11.0. The molecule has 0 saturated carbocycles. The maximum atomic E-state index is 12.9. The van der Waals surface area contributed by atoms with Crippen LogP contribution in [0.15, 0.2) is 53.3 Å². The number of carbonyl (C=O) groups is 1. The molecule has 1 N–H and O–H groups in total. The van der Waals surface area contributed by atoms with Crippen molar-refractivity contribution in [1.29, 1.82) is 0 Å². The van der Waals surface area contributed by atoms with E-state index in [1.165, 1.54) is 4.68 Å². The van der Waals surface area contributed by atoms with Gasteiger partial charge in [0.2, 0.25) is 5.91 Å². The molecule has 4 aromatic rings. The van der Waals surface area contributed by atoms with E-state index < -0.39 is 0 Å². The lowest BCUT2D eigenvalue weighted by molar-refractivity contribution is -0.122. The molecule has 30 heavy (non-hydrogen) atoms. The van der Waals surface area contributed by atoms with Crippen LogP contribution in [0.25, 0.3) is 16.4 Å². The zero-order valence-corrected chi connectivity index (χ0v) is 17.0. The molecule has 2 heterocycles. The summed E-state index contributed by atoms with van der Waals surface area (Å²) in [4.78, 5) is 25.3. The molecule has 4 rings (SSSR count). The maximum absolute atomic E-state index is 12.9. The first-order chi connectivity index (χ1) is 14.5. The van der Waals surface area contributed by atoms with E-state index in [1.54, 1.807) is 24.7 Å². The Bertz CT molecular complexity index is 1290. The lowest BCUT2D eigenvalue weighted by Gasteiger charge is -2.10. The van der Waals surface area contributed by atoms with Crippen molar-refractivity contribution in [3.8, 4) is 11.5 Å². The second-order valence-corrected chi connectivity index (χ2v) is 6.92. The molecule has 0 fully saturated rings. The summed E-state index contributed by atoms with van der Waals surface area (Å²) in [6.07, 6.45) is 0. The number of carbonyl (C=O) groups excluding carboxylic acids is 1. The van der Waals surface area contributed by atoms with Crippen molar-refractivity contribution in [3.63, 3.8) is 0 Å². The molecule has 8 heteroatoms. The third-order valence-corrected chi connectivity index (χ3v) is 4.99. The van der Waals surface area contributed by atoms with Crippen LogP contribution in [0.5, 0.6) is 11.5 Å². The number of hydrogen-bond acceptors (Lipinski definition) is 5. The van der Waals surface area contributed by atoms with E-state index in [4.69, 9.17) is 9.47 Å². The summed E-state index contributed by atoms with van der Waals surface area (Å²) in [6.45, 7) is 2.01. The van der Waals surface area contributed by atoms with E-state index in [-0.39, 0.29) is 18.0 Å². The second-order valence-electron chi connectivity index (χ2n) is 6.92. The molecule has 0 atom stereocenters. The number of methoxy groups -OCH3 is 2. The number of aromatic nitrogens is 3. The Hall–Kier alpha value is -3.81. The fourth-order valence-electron chi connectivity index (χ4n) is 3.47. The van der Waals surface area contributed by atoms with Crippen LogP contribution < -0.4 is 20.3 Å². The van der Waals surface area contributed by atoms with Crippen LogP contribution in [0.1, 0.15) is 11.4 Å². The Kier molecular flexibility index (Phi) is 5.14. The first-order valence-electron chi connectivity index (χ1n) is 9.46. The topological polar surface area (TPSA) is 86.9 Å². The monoisotopic (exact) mass is 406 g/mol. The Labute approximate surface area is 172 Å². The van der Waals surface area contributed by atoms with Gasteiger partial charge in [0.1, 0.15) is 29.4 Å². The number of fused-ring (bicyclic) bond motifs is 3. The van der Waals surface area contributed by atoms with Gasteiger partial charge in [0.05, 0.1) is 19.7 Å².